The van der Waals surface area contributed by atoms with E-state index in [4.69, 9.17) is 9.97 Å². The van der Waals surface area contributed by atoms with Crippen LogP contribution < -0.4 is 10.2 Å². The zero-order chi connectivity index (χ0) is 20.0. The Morgan fingerprint density at radius 2 is 2.07 bits per heavy atom. The van der Waals surface area contributed by atoms with Crippen molar-refractivity contribution in [1.29, 1.82) is 0 Å². The quantitative estimate of drug-likeness (QED) is 0.608. The number of anilines is 2. The average Bonchev–Trinajstić information content (AvgIpc) is 3.30. The van der Waals surface area contributed by atoms with Crippen molar-refractivity contribution < 1.29 is 4.79 Å². The molecule has 3 aromatic heterocycles. The maximum atomic E-state index is 12.7. The number of thiophene rings is 1. The van der Waals surface area contributed by atoms with Gasteiger partial charge in [0.25, 0.3) is 0 Å². The maximum Gasteiger partial charge on any atom is 0.228 e. The van der Waals surface area contributed by atoms with E-state index < -0.39 is 0 Å². The molecule has 3 aromatic rings. The number of hydrogen-bond donors (Lipinski definition) is 1. The number of rotatable bonds is 3. The third-order valence-corrected chi connectivity index (χ3v) is 7.46. The number of fused-ring (bicyclic) bond motifs is 3. The van der Waals surface area contributed by atoms with E-state index in [1.165, 1.54) is 28.7 Å². The van der Waals surface area contributed by atoms with Gasteiger partial charge in [0, 0.05) is 34.6 Å². The minimum absolute atomic E-state index is 0.00307. The van der Waals surface area contributed by atoms with Gasteiger partial charge in [-0.25, -0.2) is 15.0 Å². The number of aryl methyl sites for hydroxylation is 3. The van der Waals surface area contributed by atoms with Crippen LogP contribution >= 0.6 is 27.3 Å². The number of piperidine rings is 1. The van der Waals surface area contributed by atoms with E-state index in [0.29, 0.717) is 5.82 Å². The van der Waals surface area contributed by atoms with Crippen LogP contribution in [-0.2, 0) is 17.6 Å². The summed E-state index contributed by atoms with van der Waals surface area (Å²) >= 11 is 5.20. The van der Waals surface area contributed by atoms with Gasteiger partial charge in [-0.2, -0.15) is 0 Å². The van der Waals surface area contributed by atoms with Gasteiger partial charge in [0.15, 0.2) is 0 Å². The summed E-state index contributed by atoms with van der Waals surface area (Å²) in [6.45, 7) is 3.64. The number of pyridine rings is 1. The molecule has 1 saturated heterocycles. The van der Waals surface area contributed by atoms with Crippen molar-refractivity contribution in [1.82, 2.24) is 15.0 Å². The summed E-state index contributed by atoms with van der Waals surface area (Å²) in [4.78, 5) is 31.4. The lowest BCUT2D eigenvalue weighted by molar-refractivity contribution is -0.120. The van der Waals surface area contributed by atoms with Crippen molar-refractivity contribution >= 4 is 55.0 Å². The molecule has 0 saturated carbocycles. The second-order valence-electron chi connectivity index (χ2n) is 7.74. The van der Waals surface area contributed by atoms with Gasteiger partial charge in [-0.05, 0) is 72.7 Å². The van der Waals surface area contributed by atoms with Crippen molar-refractivity contribution in [2.75, 3.05) is 23.3 Å². The highest BCUT2D eigenvalue weighted by molar-refractivity contribution is 9.10. The summed E-state index contributed by atoms with van der Waals surface area (Å²) in [7, 11) is 0. The summed E-state index contributed by atoms with van der Waals surface area (Å²) in [5, 5.41) is 4.21. The van der Waals surface area contributed by atoms with Gasteiger partial charge < -0.3 is 10.2 Å². The van der Waals surface area contributed by atoms with Crippen LogP contribution in [0.4, 0.5) is 11.6 Å². The molecule has 5 rings (SSSR count). The molecule has 6 nitrogen and oxygen atoms in total. The Kier molecular flexibility index (Phi) is 4.99. The predicted molar refractivity (Wildman–Crippen MR) is 120 cm³/mol. The summed E-state index contributed by atoms with van der Waals surface area (Å²) in [6, 6.07) is 3.70. The highest BCUT2D eigenvalue weighted by Gasteiger charge is 2.29. The minimum Gasteiger partial charge on any atom is -0.356 e. The number of amides is 1. The van der Waals surface area contributed by atoms with Crippen molar-refractivity contribution in [2.45, 2.75) is 39.0 Å². The molecule has 2 aliphatic rings. The fourth-order valence-corrected chi connectivity index (χ4v) is 5.88. The van der Waals surface area contributed by atoms with Crippen LogP contribution in [0.1, 0.15) is 35.5 Å². The van der Waals surface area contributed by atoms with Crippen molar-refractivity contribution in [3.05, 3.63) is 39.1 Å². The molecule has 0 spiro atoms. The molecule has 0 radical (unpaired) electrons. The van der Waals surface area contributed by atoms with Crippen LogP contribution in [0.3, 0.4) is 0 Å². The first-order chi connectivity index (χ1) is 14.1. The summed E-state index contributed by atoms with van der Waals surface area (Å²) in [5.41, 5.74) is 1.46. The monoisotopic (exact) mass is 471 g/mol. The number of carbonyl (C=O) groups is 1. The smallest absolute Gasteiger partial charge is 0.228 e. The van der Waals surface area contributed by atoms with Crippen molar-refractivity contribution in [3.8, 4) is 0 Å². The third kappa shape index (κ3) is 3.64. The first-order valence-corrected chi connectivity index (χ1v) is 11.7. The molecule has 1 aliphatic carbocycles. The third-order valence-electron chi connectivity index (χ3n) is 5.80. The van der Waals surface area contributed by atoms with E-state index in [-0.39, 0.29) is 11.8 Å². The van der Waals surface area contributed by atoms with Crippen LogP contribution in [0.15, 0.2) is 22.8 Å². The molecule has 4 heterocycles. The minimum atomic E-state index is 0.00307. The first-order valence-electron chi connectivity index (χ1n) is 10.0. The van der Waals surface area contributed by atoms with Gasteiger partial charge in [-0.3, -0.25) is 4.79 Å². The van der Waals surface area contributed by atoms with E-state index in [1.807, 2.05) is 30.4 Å². The predicted octanol–water partition coefficient (Wildman–Crippen LogP) is 4.50. The molecule has 0 atom stereocenters. The van der Waals surface area contributed by atoms with E-state index in [0.717, 1.165) is 53.3 Å². The van der Waals surface area contributed by atoms with Crippen LogP contribution in [-0.4, -0.2) is 33.9 Å². The van der Waals surface area contributed by atoms with Crippen LogP contribution in [0.2, 0.25) is 0 Å². The van der Waals surface area contributed by atoms with Crippen LogP contribution in [0.25, 0.3) is 10.2 Å². The van der Waals surface area contributed by atoms with Gasteiger partial charge in [-0.1, -0.05) is 0 Å². The molecular formula is C21H22BrN5OS. The molecule has 1 aliphatic heterocycles. The van der Waals surface area contributed by atoms with E-state index in [1.54, 1.807) is 6.20 Å². The second-order valence-corrected chi connectivity index (χ2v) is 9.74. The molecule has 0 unspecified atom stereocenters. The van der Waals surface area contributed by atoms with Gasteiger partial charge >= 0.3 is 0 Å². The van der Waals surface area contributed by atoms with Crippen molar-refractivity contribution in [2.24, 2.45) is 5.92 Å². The highest BCUT2D eigenvalue weighted by Crippen LogP contribution is 2.41. The lowest BCUT2D eigenvalue weighted by atomic mass is 9.95. The molecule has 1 fully saturated rings. The lowest BCUT2D eigenvalue weighted by Crippen LogP contribution is -2.38. The Morgan fingerprint density at radius 1 is 1.24 bits per heavy atom. The summed E-state index contributed by atoms with van der Waals surface area (Å²) < 4.78 is 0.898. The zero-order valence-corrected chi connectivity index (χ0v) is 18.6. The van der Waals surface area contributed by atoms with Crippen LogP contribution in [0.5, 0.6) is 0 Å². The number of nitrogens with one attached hydrogen (secondary N) is 1. The number of nitrogens with zero attached hydrogens (tertiary/aromatic N) is 4. The van der Waals surface area contributed by atoms with E-state index in [9.17, 15) is 4.79 Å². The largest absolute Gasteiger partial charge is 0.356 e. The Morgan fingerprint density at radius 3 is 2.83 bits per heavy atom. The number of carbonyl (C=O) groups excluding carboxylic acids is 1. The normalized spacial score (nSPS) is 17.0. The van der Waals surface area contributed by atoms with Crippen molar-refractivity contribution in [3.63, 3.8) is 0 Å². The summed E-state index contributed by atoms with van der Waals surface area (Å²) in [6.07, 6.45) is 6.87. The first kappa shape index (κ1) is 18.9. The Bertz CT molecular complexity index is 1070. The van der Waals surface area contributed by atoms with E-state index >= 15 is 0 Å². The molecular weight excluding hydrogens is 450 g/mol. The van der Waals surface area contributed by atoms with Gasteiger partial charge in [0.05, 0.1) is 5.39 Å². The molecule has 150 valence electrons. The molecule has 8 heteroatoms. The molecule has 29 heavy (non-hydrogen) atoms. The molecule has 1 amide bonds. The Labute approximate surface area is 181 Å². The standard InChI is InChI=1S/C21H22BrN5OS/c1-12-24-19(18-15-3-2-4-16(15)29-21(18)25-12)27-9-7-13(8-10-27)20(28)26-17-6-5-14(22)11-23-17/h5-6,11,13H,2-4,7-10H2,1H3,(H,23,26,28). The van der Waals surface area contributed by atoms with Gasteiger partial charge in [0.2, 0.25) is 5.91 Å². The number of aromatic nitrogens is 3. The fourth-order valence-electron chi connectivity index (χ4n) is 4.34. The topological polar surface area (TPSA) is 71.0 Å². The van der Waals surface area contributed by atoms with E-state index in [2.05, 4.69) is 31.1 Å². The summed E-state index contributed by atoms with van der Waals surface area (Å²) in [5.74, 6) is 2.56. The van der Waals surface area contributed by atoms with Gasteiger partial charge in [0.1, 0.15) is 22.3 Å². The zero-order valence-electron chi connectivity index (χ0n) is 16.2. The lowest BCUT2D eigenvalue weighted by Gasteiger charge is -2.32. The molecule has 0 bridgehead atoms. The number of halogens is 1. The Balaban J connectivity index is 1.32. The number of hydrogen-bond acceptors (Lipinski definition) is 6. The fraction of sp³-hybridized carbons (Fsp3) is 0.429. The average molecular weight is 472 g/mol. The van der Waals surface area contributed by atoms with Crippen LogP contribution in [0, 0.1) is 12.8 Å². The SMILES string of the molecule is Cc1nc(N2CCC(C(=O)Nc3ccc(Br)cn3)CC2)c2c3c(sc2n1)CCC3. The maximum absolute atomic E-state index is 12.7. The van der Waals surface area contributed by atoms with Gasteiger partial charge in [-0.15, -0.1) is 11.3 Å². The highest BCUT2D eigenvalue weighted by atomic mass is 79.9. The second kappa shape index (κ2) is 7.65. The molecule has 1 N–H and O–H groups in total. The molecule has 0 aromatic carbocycles. The Hall–Kier alpha value is -2.06.